The number of piperidine rings is 1. The van der Waals surface area contributed by atoms with Crippen LogP contribution in [0.5, 0.6) is 0 Å². The summed E-state index contributed by atoms with van der Waals surface area (Å²) in [5.74, 6) is -0.149. The Bertz CT molecular complexity index is 1260. The molecule has 0 N–H and O–H groups in total. The van der Waals surface area contributed by atoms with Gasteiger partial charge in [-0.2, -0.15) is 0 Å². The van der Waals surface area contributed by atoms with E-state index in [9.17, 15) is 13.2 Å². The topological polar surface area (TPSA) is 70.1 Å². The Morgan fingerprint density at radius 2 is 1.94 bits per heavy atom. The van der Waals surface area contributed by atoms with Gasteiger partial charge in [-0.05, 0) is 54.4 Å². The molecule has 1 fully saturated rings. The van der Waals surface area contributed by atoms with Crippen LogP contribution < -0.4 is 0 Å². The number of amidine groups is 1. The second kappa shape index (κ2) is 9.41. The minimum Gasteiger partial charge on any atom is -0.325 e. The lowest BCUT2D eigenvalue weighted by molar-refractivity contribution is -0.124. The van der Waals surface area contributed by atoms with E-state index in [1.165, 1.54) is 4.91 Å². The summed E-state index contributed by atoms with van der Waals surface area (Å²) in [6, 6.07) is 10.2. The van der Waals surface area contributed by atoms with Gasteiger partial charge in [0.1, 0.15) is 0 Å². The molecule has 3 aliphatic heterocycles. The second-order valence-electron chi connectivity index (χ2n) is 8.73. The lowest BCUT2D eigenvalue weighted by Crippen LogP contribution is -2.45. The molecule has 3 aliphatic rings. The second-order valence-corrected chi connectivity index (χ2v) is 12.4. The highest BCUT2D eigenvalue weighted by molar-refractivity contribution is 8.17. The fourth-order valence-electron chi connectivity index (χ4n) is 4.69. The Hall–Kier alpha value is -1.87. The van der Waals surface area contributed by atoms with Crippen molar-refractivity contribution in [2.75, 3.05) is 31.9 Å². The van der Waals surface area contributed by atoms with Gasteiger partial charge in [0, 0.05) is 35.6 Å². The molecule has 1 unspecified atom stereocenters. The first-order valence-corrected chi connectivity index (χ1v) is 14.1. The van der Waals surface area contributed by atoms with E-state index < -0.39 is 9.84 Å². The van der Waals surface area contributed by atoms with Crippen molar-refractivity contribution >= 4 is 54.9 Å². The van der Waals surface area contributed by atoms with Crippen molar-refractivity contribution in [2.45, 2.75) is 36.6 Å². The van der Waals surface area contributed by atoms with E-state index in [0.29, 0.717) is 5.02 Å². The lowest BCUT2D eigenvalue weighted by Gasteiger charge is -2.34. The smallest absolute Gasteiger partial charge is 0.178 e. The zero-order chi connectivity index (χ0) is 23.0. The average molecular weight is 504 g/mol. The van der Waals surface area contributed by atoms with Gasteiger partial charge in [-0.25, -0.2) is 8.42 Å². The molecule has 0 spiro atoms. The van der Waals surface area contributed by atoms with E-state index in [1.54, 1.807) is 36.0 Å². The Morgan fingerprint density at radius 1 is 1.12 bits per heavy atom. The summed E-state index contributed by atoms with van der Waals surface area (Å²) in [7, 11) is -3.56. The number of carbonyl (C=O) groups excluding carboxylic acids is 1. The molecular weight excluding hydrogens is 478 g/mol. The number of likely N-dealkylation sites (tertiary alicyclic amines) is 1. The van der Waals surface area contributed by atoms with E-state index in [4.69, 9.17) is 11.6 Å². The maximum atomic E-state index is 13.1. The molecule has 2 aromatic rings. The summed E-state index contributed by atoms with van der Waals surface area (Å²) >= 11 is 7.71. The summed E-state index contributed by atoms with van der Waals surface area (Å²) in [6.07, 6.45) is 5.03. The molecule has 174 valence electrons. The van der Waals surface area contributed by atoms with Gasteiger partial charge in [-0.1, -0.05) is 41.9 Å². The van der Waals surface area contributed by atoms with Crippen LogP contribution in [0.2, 0.25) is 5.02 Å². The molecule has 0 aliphatic carbocycles. The number of nitrogens with zero attached hydrogens (tertiary/aromatic N) is 3. The van der Waals surface area contributed by atoms with Gasteiger partial charge < -0.3 is 4.90 Å². The predicted octanol–water partition coefficient (Wildman–Crippen LogP) is 4.34. The number of Topliss-reactive ketones (excluding diaryl/α,β-unsaturated/α-hetero) is 1. The number of hydrogen-bond acceptors (Lipinski definition) is 7. The zero-order valence-electron chi connectivity index (χ0n) is 18.2. The van der Waals surface area contributed by atoms with Gasteiger partial charge in [-0.15, -0.1) is 0 Å². The number of ketones is 1. The normalized spacial score (nSPS) is 21.2. The molecule has 9 heteroatoms. The number of halogens is 1. The molecule has 33 heavy (non-hydrogen) atoms. The first-order chi connectivity index (χ1) is 15.9. The summed E-state index contributed by atoms with van der Waals surface area (Å²) in [4.78, 5) is 23.5. The number of rotatable bonds is 7. The fraction of sp³-hybridized carbons (Fsp3) is 0.417. The van der Waals surface area contributed by atoms with Gasteiger partial charge in [0.05, 0.1) is 23.2 Å². The number of hydrogen-bond donors (Lipinski definition) is 0. The molecule has 6 nitrogen and oxygen atoms in total. The standard InChI is InChI=1S/C24H26ClN3O3S2/c25-19-6-4-18-14-21(7-5-17(18)13-19)33(30,31)12-8-23(29)22-3-1-2-10-27(22)15-20-16-28-11-9-26-24(28)32-20/h4-7,13-14,16,22H,1-3,8-12,15H2. The zero-order valence-corrected chi connectivity index (χ0v) is 20.6. The van der Waals surface area contributed by atoms with Gasteiger partial charge >= 0.3 is 0 Å². The molecule has 0 saturated carbocycles. The lowest BCUT2D eigenvalue weighted by atomic mass is 9.97. The maximum absolute atomic E-state index is 13.1. The minimum absolute atomic E-state index is 0.0206. The van der Waals surface area contributed by atoms with Crippen LogP contribution in [-0.4, -0.2) is 67.1 Å². The summed E-state index contributed by atoms with van der Waals surface area (Å²) < 4.78 is 26.0. The van der Waals surface area contributed by atoms with Crippen LogP contribution in [0.4, 0.5) is 0 Å². The van der Waals surface area contributed by atoms with Crippen molar-refractivity contribution in [1.82, 2.24) is 9.80 Å². The van der Waals surface area contributed by atoms with Crippen LogP contribution in [0.25, 0.3) is 10.8 Å². The van der Waals surface area contributed by atoms with E-state index in [1.807, 2.05) is 12.1 Å². The van der Waals surface area contributed by atoms with Crippen molar-refractivity contribution in [3.8, 4) is 0 Å². The van der Waals surface area contributed by atoms with Crippen molar-refractivity contribution in [3.63, 3.8) is 0 Å². The van der Waals surface area contributed by atoms with Crippen molar-refractivity contribution in [1.29, 1.82) is 0 Å². The van der Waals surface area contributed by atoms with E-state index in [2.05, 4.69) is 21.0 Å². The fourth-order valence-corrected chi connectivity index (χ4v) is 7.22. The molecule has 0 aromatic heterocycles. The number of carbonyl (C=O) groups is 1. The Kier molecular flexibility index (Phi) is 6.53. The molecule has 0 radical (unpaired) electrons. The first-order valence-electron chi connectivity index (χ1n) is 11.3. The van der Waals surface area contributed by atoms with Crippen molar-refractivity contribution in [3.05, 3.63) is 52.5 Å². The third-order valence-corrected chi connectivity index (χ3v) is 9.44. The number of sulfone groups is 1. The Balaban J connectivity index is 1.24. The minimum atomic E-state index is -3.56. The predicted molar refractivity (Wildman–Crippen MR) is 135 cm³/mol. The summed E-state index contributed by atoms with van der Waals surface area (Å²) in [5, 5.41) is 3.37. The average Bonchev–Trinajstić information content (AvgIpc) is 3.39. The molecule has 3 heterocycles. The van der Waals surface area contributed by atoms with Crippen LogP contribution >= 0.6 is 23.4 Å². The van der Waals surface area contributed by atoms with E-state index in [0.717, 1.165) is 61.4 Å². The van der Waals surface area contributed by atoms with Crippen LogP contribution in [-0.2, 0) is 14.6 Å². The summed E-state index contributed by atoms with van der Waals surface area (Å²) in [6.45, 7) is 3.35. The molecule has 2 aromatic carbocycles. The molecule has 0 amide bonds. The van der Waals surface area contributed by atoms with Gasteiger partial charge in [0.15, 0.2) is 20.8 Å². The maximum Gasteiger partial charge on any atom is 0.178 e. The quantitative estimate of drug-likeness (QED) is 0.559. The number of thioether (sulfide) groups is 1. The van der Waals surface area contributed by atoms with Gasteiger partial charge in [0.2, 0.25) is 0 Å². The number of aliphatic imine (C=N–C) groups is 1. The van der Waals surface area contributed by atoms with Crippen LogP contribution in [0, 0.1) is 0 Å². The largest absolute Gasteiger partial charge is 0.325 e. The highest BCUT2D eigenvalue weighted by Gasteiger charge is 2.32. The van der Waals surface area contributed by atoms with Crippen molar-refractivity contribution < 1.29 is 13.2 Å². The van der Waals surface area contributed by atoms with Gasteiger partial charge in [0.25, 0.3) is 0 Å². The van der Waals surface area contributed by atoms with E-state index >= 15 is 0 Å². The SMILES string of the molecule is O=C(CCS(=O)(=O)c1ccc2cc(Cl)ccc2c1)C1CCCCN1CC1=CN2CCN=C2S1. The molecular formula is C24H26ClN3O3S2. The monoisotopic (exact) mass is 503 g/mol. The van der Waals surface area contributed by atoms with Gasteiger partial charge in [-0.3, -0.25) is 14.7 Å². The first kappa shape index (κ1) is 22.9. The molecule has 1 atom stereocenters. The number of fused-ring (bicyclic) bond motifs is 2. The van der Waals surface area contributed by atoms with Crippen LogP contribution in [0.1, 0.15) is 25.7 Å². The van der Waals surface area contributed by atoms with E-state index in [-0.39, 0.29) is 28.9 Å². The Labute approximate surface area is 203 Å². The molecule has 0 bridgehead atoms. The van der Waals surface area contributed by atoms with Crippen LogP contribution in [0.3, 0.4) is 0 Å². The van der Waals surface area contributed by atoms with Crippen LogP contribution in [0.15, 0.2) is 57.4 Å². The highest BCUT2D eigenvalue weighted by Crippen LogP contribution is 2.33. The number of benzene rings is 2. The highest BCUT2D eigenvalue weighted by atomic mass is 35.5. The Morgan fingerprint density at radius 3 is 2.79 bits per heavy atom. The third-order valence-electron chi connectivity index (χ3n) is 6.45. The molecule has 5 rings (SSSR count). The summed E-state index contributed by atoms with van der Waals surface area (Å²) in [5.41, 5.74) is 0. The molecule has 1 saturated heterocycles. The van der Waals surface area contributed by atoms with Crippen molar-refractivity contribution in [2.24, 2.45) is 4.99 Å². The third kappa shape index (κ3) is 4.99.